The third-order valence-electron chi connectivity index (χ3n) is 3.69. The molecule has 0 aliphatic heterocycles. The van der Waals surface area contributed by atoms with Crippen LogP contribution in [0.3, 0.4) is 0 Å². The molecule has 0 bridgehead atoms. The van der Waals surface area contributed by atoms with Crippen LogP contribution in [-0.2, 0) is 6.42 Å². The van der Waals surface area contributed by atoms with E-state index in [0.29, 0.717) is 16.6 Å². The van der Waals surface area contributed by atoms with Gasteiger partial charge in [0.1, 0.15) is 0 Å². The zero-order valence-corrected chi connectivity index (χ0v) is 12.3. The summed E-state index contributed by atoms with van der Waals surface area (Å²) < 4.78 is 0.702. The largest absolute Gasteiger partial charge is 0.464 e. The minimum atomic E-state index is -1.27. The number of nitrogens with zero attached hydrogens (tertiary/aromatic N) is 1. The first-order valence-electron chi connectivity index (χ1n) is 7.23. The monoisotopic (exact) mass is 305 g/mol. The summed E-state index contributed by atoms with van der Waals surface area (Å²) in [6.07, 6.45) is 0.394. The highest BCUT2D eigenvalue weighted by molar-refractivity contribution is 5.68. The number of hydrogen-bond donors (Lipinski definition) is 1. The average Bonchev–Trinajstić information content (AvgIpc) is 2.58. The standard InChI is InChI=1S/C19H15NO3/c21-18-17(7-4-12-20(18)19(22)23)13-14-8-10-16(11-9-14)15-5-2-1-3-6-15/h1-12H,13H2,(H,22,23). The Bertz CT molecular complexity index is 880. The molecule has 0 amide bonds. The van der Waals surface area contributed by atoms with E-state index < -0.39 is 11.7 Å². The summed E-state index contributed by atoms with van der Waals surface area (Å²) in [7, 11) is 0. The molecule has 23 heavy (non-hydrogen) atoms. The van der Waals surface area contributed by atoms with E-state index in [-0.39, 0.29) is 0 Å². The van der Waals surface area contributed by atoms with Gasteiger partial charge in [0, 0.05) is 18.2 Å². The van der Waals surface area contributed by atoms with Crippen LogP contribution in [0.2, 0.25) is 0 Å². The van der Waals surface area contributed by atoms with Gasteiger partial charge in [-0.15, -0.1) is 0 Å². The zero-order chi connectivity index (χ0) is 16.2. The van der Waals surface area contributed by atoms with E-state index in [4.69, 9.17) is 5.11 Å². The van der Waals surface area contributed by atoms with E-state index in [2.05, 4.69) is 0 Å². The molecular formula is C19H15NO3. The molecule has 2 aromatic carbocycles. The summed E-state index contributed by atoms with van der Waals surface area (Å²) in [5.74, 6) is 0. The normalized spacial score (nSPS) is 10.4. The minimum absolute atomic E-state index is 0.405. The SMILES string of the molecule is O=C(O)n1cccc(Cc2ccc(-c3ccccc3)cc2)c1=O. The molecule has 0 aliphatic carbocycles. The van der Waals surface area contributed by atoms with Crippen molar-refractivity contribution < 1.29 is 9.90 Å². The van der Waals surface area contributed by atoms with Gasteiger partial charge in [0.15, 0.2) is 0 Å². The van der Waals surface area contributed by atoms with E-state index in [1.165, 1.54) is 6.20 Å². The smallest absolute Gasteiger partial charge is 0.418 e. The van der Waals surface area contributed by atoms with Crippen molar-refractivity contribution in [1.29, 1.82) is 0 Å². The van der Waals surface area contributed by atoms with Crippen LogP contribution in [0.25, 0.3) is 11.1 Å². The summed E-state index contributed by atoms with van der Waals surface area (Å²) in [6, 6.07) is 21.2. The van der Waals surface area contributed by atoms with Gasteiger partial charge in [-0.25, -0.2) is 9.36 Å². The lowest BCUT2D eigenvalue weighted by atomic mass is 10.0. The lowest BCUT2D eigenvalue weighted by molar-refractivity contribution is 0.195. The van der Waals surface area contributed by atoms with Crippen molar-refractivity contribution >= 4 is 6.09 Å². The molecular weight excluding hydrogens is 290 g/mol. The molecule has 3 rings (SSSR count). The first-order valence-corrected chi connectivity index (χ1v) is 7.23. The predicted octanol–water partition coefficient (Wildman–Crippen LogP) is 3.63. The van der Waals surface area contributed by atoms with Gasteiger partial charge in [-0.3, -0.25) is 4.79 Å². The maximum atomic E-state index is 12.1. The Kier molecular flexibility index (Phi) is 4.06. The third-order valence-corrected chi connectivity index (χ3v) is 3.69. The number of pyridine rings is 1. The van der Waals surface area contributed by atoms with Gasteiger partial charge < -0.3 is 5.11 Å². The third kappa shape index (κ3) is 3.21. The second-order valence-corrected chi connectivity index (χ2v) is 5.23. The Morgan fingerprint density at radius 2 is 1.52 bits per heavy atom. The Hall–Kier alpha value is -3.14. The number of benzene rings is 2. The maximum Gasteiger partial charge on any atom is 0.418 e. The summed E-state index contributed by atoms with van der Waals surface area (Å²) in [4.78, 5) is 23.1. The Labute approximate surface area is 133 Å². The summed E-state index contributed by atoms with van der Waals surface area (Å²) >= 11 is 0. The molecule has 0 spiro atoms. The van der Waals surface area contributed by atoms with Gasteiger partial charge in [-0.05, 0) is 22.8 Å². The molecule has 4 nitrogen and oxygen atoms in total. The van der Waals surface area contributed by atoms with Crippen LogP contribution < -0.4 is 5.56 Å². The van der Waals surface area contributed by atoms with Crippen LogP contribution in [-0.4, -0.2) is 15.8 Å². The van der Waals surface area contributed by atoms with E-state index in [0.717, 1.165) is 16.7 Å². The van der Waals surface area contributed by atoms with E-state index >= 15 is 0 Å². The highest BCUT2D eigenvalue weighted by Gasteiger charge is 2.08. The fourth-order valence-electron chi connectivity index (χ4n) is 2.49. The lowest BCUT2D eigenvalue weighted by Gasteiger charge is -2.06. The molecule has 1 N–H and O–H groups in total. The molecule has 0 saturated heterocycles. The van der Waals surface area contributed by atoms with E-state index in [9.17, 15) is 9.59 Å². The topological polar surface area (TPSA) is 59.3 Å². The molecule has 114 valence electrons. The second-order valence-electron chi connectivity index (χ2n) is 5.23. The first-order chi connectivity index (χ1) is 11.1. The molecule has 0 atom stereocenters. The van der Waals surface area contributed by atoms with Crippen molar-refractivity contribution in [1.82, 2.24) is 4.57 Å². The van der Waals surface area contributed by atoms with Crippen LogP contribution in [0.1, 0.15) is 11.1 Å². The van der Waals surface area contributed by atoms with Gasteiger partial charge in [0.25, 0.3) is 5.56 Å². The number of carboxylic acid groups (broad SMARTS) is 1. The first kappa shape index (κ1) is 14.8. The van der Waals surface area contributed by atoms with Crippen LogP contribution in [0.5, 0.6) is 0 Å². The van der Waals surface area contributed by atoms with E-state index in [1.807, 2.05) is 54.6 Å². The van der Waals surface area contributed by atoms with Crippen LogP contribution in [0.4, 0.5) is 4.79 Å². The average molecular weight is 305 g/mol. The van der Waals surface area contributed by atoms with Crippen molar-refractivity contribution in [2.24, 2.45) is 0 Å². The summed E-state index contributed by atoms with van der Waals surface area (Å²) in [5.41, 5.74) is 3.16. The lowest BCUT2D eigenvalue weighted by Crippen LogP contribution is -2.27. The van der Waals surface area contributed by atoms with Gasteiger partial charge in [-0.2, -0.15) is 0 Å². The molecule has 4 heteroatoms. The van der Waals surface area contributed by atoms with Gasteiger partial charge >= 0.3 is 6.09 Å². The maximum absolute atomic E-state index is 12.1. The van der Waals surface area contributed by atoms with E-state index in [1.54, 1.807) is 12.1 Å². The molecule has 1 heterocycles. The molecule has 0 fully saturated rings. The second kappa shape index (κ2) is 6.32. The Balaban J connectivity index is 1.86. The summed E-state index contributed by atoms with van der Waals surface area (Å²) in [6.45, 7) is 0. The molecule has 3 aromatic rings. The molecule has 0 radical (unpaired) electrons. The van der Waals surface area contributed by atoms with Crippen LogP contribution >= 0.6 is 0 Å². The highest BCUT2D eigenvalue weighted by Crippen LogP contribution is 2.19. The number of carbonyl (C=O) groups is 1. The fourth-order valence-corrected chi connectivity index (χ4v) is 2.49. The van der Waals surface area contributed by atoms with Crippen molar-refractivity contribution in [2.45, 2.75) is 6.42 Å². The van der Waals surface area contributed by atoms with Crippen molar-refractivity contribution in [3.8, 4) is 11.1 Å². The fraction of sp³-hybridized carbons (Fsp3) is 0.0526. The molecule has 0 saturated carbocycles. The molecule has 0 unspecified atom stereocenters. The van der Waals surface area contributed by atoms with Crippen molar-refractivity contribution in [3.05, 3.63) is 94.4 Å². The molecule has 1 aromatic heterocycles. The minimum Gasteiger partial charge on any atom is -0.464 e. The quantitative estimate of drug-likeness (QED) is 0.804. The zero-order valence-electron chi connectivity index (χ0n) is 12.3. The van der Waals surface area contributed by atoms with Crippen molar-refractivity contribution in [3.63, 3.8) is 0 Å². The number of rotatable bonds is 3. The highest BCUT2D eigenvalue weighted by atomic mass is 16.4. The predicted molar refractivity (Wildman–Crippen MR) is 88.8 cm³/mol. The van der Waals surface area contributed by atoms with Gasteiger partial charge in [-0.1, -0.05) is 60.7 Å². The van der Waals surface area contributed by atoms with Gasteiger partial charge in [0.05, 0.1) is 0 Å². The summed E-state index contributed by atoms with van der Waals surface area (Å²) in [5, 5.41) is 8.98. The number of hydrogen-bond acceptors (Lipinski definition) is 2. The van der Waals surface area contributed by atoms with Crippen LogP contribution in [0.15, 0.2) is 77.7 Å². The Morgan fingerprint density at radius 1 is 0.870 bits per heavy atom. The van der Waals surface area contributed by atoms with Crippen LogP contribution in [0, 0.1) is 0 Å². The van der Waals surface area contributed by atoms with Gasteiger partial charge in [0.2, 0.25) is 0 Å². The molecule has 0 aliphatic rings. The van der Waals surface area contributed by atoms with Crippen molar-refractivity contribution in [2.75, 3.05) is 0 Å². The Morgan fingerprint density at radius 3 is 2.17 bits per heavy atom. The number of aromatic nitrogens is 1.